The molecule has 0 aliphatic heterocycles. The van der Waals surface area contributed by atoms with Gasteiger partial charge in [0.1, 0.15) is 23.9 Å². The van der Waals surface area contributed by atoms with E-state index < -0.39 is 0 Å². The number of halogens is 1. The van der Waals surface area contributed by atoms with Crippen LogP contribution in [0.1, 0.15) is 25.0 Å². The second kappa shape index (κ2) is 9.75. The predicted molar refractivity (Wildman–Crippen MR) is 105 cm³/mol. The fraction of sp³-hybridized carbons (Fsp3) is 0.182. The van der Waals surface area contributed by atoms with Gasteiger partial charge in [0.25, 0.3) is 0 Å². The molecule has 130 valence electrons. The average molecular weight is 355 g/mol. The van der Waals surface area contributed by atoms with E-state index in [0.29, 0.717) is 11.6 Å². The first kappa shape index (κ1) is 18.9. The van der Waals surface area contributed by atoms with Gasteiger partial charge in [-0.25, -0.2) is 0 Å². The number of aryl methyl sites for hydroxylation is 1. The van der Waals surface area contributed by atoms with Crippen LogP contribution < -0.4 is 9.47 Å². The quantitative estimate of drug-likeness (QED) is 0.489. The molecule has 3 heteroatoms. The second-order valence-electron chi connectivity index (χ2n) is 5.31. The maximum Gasteiger partial charge on any atom is 0.131 e. The Morgan fingerprint density at radius 2 is 1.44 bits per heavy atom. The van der Waals surface area contributed by atoms with Gasteiger partial charge >= 0.3 is 0 Å². The van der Waals surface area contributed by atoms with E-state index in [4.69, 9.17) is 21.1 Å². The molecule has 0 spiro atoms. The summed E-state index contributed by atoms with van der Waals surface area (Å²) in [6.45, 7) is 6.52. The van der Waals surface area contributed by atoms with Crippen molar-refractivity contribution in [1.82, 2.24) is 0 Å². The number of benzene rings is 3. The van der Waals surface area contributed by atoms with E-state index in [9.17, 15) is 0 Å². The van der Waals surface area contributed by atoms with Crippen LogP contribution in [0.25, 0.3) is 0 Å². The first-order valence-corrected chi connectivity index (χ1v) is 8.79. The third-order valence-corrected chi connectivity index (χ3v) is 3.59. The van der Waals surface area contributed by atoms with Crippen molar-refractivity contribution in [1.29, 1.82) is 0 Å². The highest BCUT2D eigenvalue weighted by atomic mass is 35.5. The third kappa shape index (κ3) is 6.17. The predicted octanol–water partition coefficient (Wildman–Crippen LogP) is 7.05. The molecule has 2 nitrogen and oxygen atoms in total. The summed E-state index contributed by atoms with van der Waals surface area (Å²) in [4.78, 5) is 0. The largest absolute Gasteiger partial charge is 0.489 e. The topological polar surface area (TPSA) is 18.5 Å². The van der Waals surface area contributed by atoms with Crippen molar-refractivity contribution >= 4 is 11.6 Å². The van der Waals surface area contributed by atoms with Crippen LogP contribution in [0.2, 0.25) is 5.02 Å². The lowest BCUT2D eigenvalue weighted by Crippen LogP contribution is -1.95. The van der Waals surface area contributed by atoms with Gasteiger partial charge in [-0.3, -0.25) is 0 Å². The molecule has 0 unspecified atom stereocenters. The number of ether oxygens (including phenoxy) is 2. The summed E-state index contributed by atoms with van der Waals surface area (Å²) in [5, 5.41) is 0.711. The molecule has 0 radical (unpaired) electrons. The molecule has 0 aliphatic rings. The van der Waals surface area contributed by atoms with Gasteiger partial charge < -0.3 is 9.47 Å². The van der Waals surface area contributed by atoms with Crippen molar-refractivity contribution in [2.75, 3.05) is 0 Å². The van der Waals surface area contributed by atoms with Crippen LogP contribution in [-0.4, -0.2) is 0 Å². The molecule has 0 atom stereocenters. The Kier molecular flexibility index (Phi) is 7.36. The molecule has 0 bridgehead atoms. The zero-order valence-corrected chi connectivity index (χ0v) is 15.6. The van der Waals surface area contributed by atoms with Crippen molar-refractivity contribution in [2.45, 2.75) is 27.4 Å². The average Bonchev–Trinajstić information content (AvgIpc) is 2.64. The van der Waals surface area contributed by atoms with Crippen molar-refractivity contribution in [2.24, 2.45) is 0 Å². The maximum atomic E-state index is 5.98. The number of hydrogen-bond donors (Lipinski definition) is 0. The van der Waals surface area contributed by atoms with Crippen molar-refractivity contribution in [3.05, 3.63) is 88.9 Å². The van der Waals surface area contributed by atoms with Crippen molar-refractivity contribution < 1.29 is 9.47 Å². The van der Waals surface area contributed by atoms with Crippen LogP contribution in [0.3, 0.4) is 0 Å². The highest BCUT2D eigenvalue weighted by Gasteiger charge is 2.01. The van der Waals surface area contributed by atoms with E-state index in [1.54, 1.807) is 0 Å². The molecule has 0 aromatic heterocycles. The van der Waals surface area contributed by atoms with E-state index in [1.807, 2.05) is 93.6 Å². The van der Waals surface area contributed by atoms with E-state index in [2.05, 4.69) is 0 Å². The summed E-state index contributed by atoms with van der Waals surface area (Å²) in [7, 11) is 0. The highest BCUT2D eigenvalue weighted by Crippen LogP contribution is 2.26. The fourth-order valence-electron chi connectivity index (χ4n) is 2.16. The molecule has 0 fully saturated rings. The lowest BCUT2D eigenvalue weighted by atomic mass is 10.2. The van der Waals surface area contributed by atoms with Crippen molar-refractivity contribution in [3.8, 4) is 17.2 Å². The number of rotatable bonds is 5. The Labute approximate surface area is 155 Å². The zero-order chi connectivity index (χ0) is 18.1. The second-order valence-corrected chi connectivity index (χ2v) is 5.75. The first-order chi connectivity index (χ1) is 12.2. The van der Waals surface area contributed by atoms with E-state index in [1.165, 1.54) is 5.56 Å². The van der Waals surface area contributed by atoms with Crippen molar-refractivity contribution in [3.63, 3.8) is 0 Å². The Balaban J connectivity index is 0.00000109. The van der Waals surface area contributed by atoms with Crippen LogP contribution in [0.15, 0.2) is 72.8 Å². The molecular formula is C22H23ClO2. The maximum absolute atomic E-state index is 5.98. The van der Waals surface area contributed by atoms with Gasteiger partial charge in [0.2, 0.25) is 0 Å². The summed E-state index contributed by atoms with van der Waals surface area (Å²) in [5.41, 5.74) is 2.23. The molecule has 3 aromatic rings. The van der Waals surface area contributed by atoms with Gasteiger partial charge in [0.15, 0.2) is 0 Å². The molecule has 0 N–H and O–H groups in total. The SMILES string of the molecule is CC.Cc1ccc(Oc2cccc(OCc3cccc(Cl)c3)c2)cc1. The Morgan fingerprint density at radius 3 is 2.16 bits per heavy atom. The molecule has 0 heterocycles. The molecule has 3 aromatic carbocycles. The minimum atomic E-state index is 0.467. The lowest BCUT2D eigenvalue weighted by Gasteiger charge is -2.10. The summed E-state index contributed by atoms with van der Waals surface area (Å²) in [6, 6.07) is 23.2. The van der Waals surface area contributed by atoms with Gasteiger partial charge in [-0.05, 0) is 48.9 Å². The minimum Gasteiger partial charge on any atom is -0.489 e. The molecule has 0 amide bonds. The van der Waals surface area contributed by atoms with Crippen LogP contribution in [0.4, 0.5) is 0 Å². The summed E-state index contributed by atoms with van der Waals surface area (Å²) in [5.74, 6) is 2.31. The van der Waals surface area contributed by atoms with E-state index in [0.717, 1.165) is 22.8 Å². The molecular weight excluding hydrogens is 332 g/mol. The molecule has 25 heavy (non-hydrogen) atoms. The van der Waals surface area contributed by atoms with Gasteiger partial charge in [0, 0.05) is 11.1 Å². The van der Waals surface area contributed by atoms with Crippen LogP contribution in [-0.2, 0) is 6.61 Å². The van der Waals surface area contributed by atoms with Gasteiger partial charge in [0.05, 0.1) is 0 Å². The third-order valence-electron chi connectivity index (χ3n) is 3.36. The lowest BCUT2D eigenvalue weighted by molar-refractivity contribution is 0.304. The smallest absolute Gasteiger partial charge is 0.131 e. The molecule has 0 saturated heterocycles. The number of hydrogen-bond acceptors (Lipinski definition) is 2. The normalized spacial score (nSPS) is 9.76. The van der Waals surface area contributed by atoms with Crippen LogP contribution >= 0.6 is 11.6 Å². The Hall–Kier alpha value is -2.45. The van der Waals surface area contributed by atoms with Crippen LogP contribution in [0.5, 0.6) is 17.2 Å². The summed E-state index contributed by atoms with van der Waals surface area (Å²) in [6.07, 6.45) is 0. The van der Waals surface area contributed by atoms with Gasteiger partial charge in [-0.1, -0.05) is 61.3 Å². The fourth-order valence-corrected chi connectivity index (χ4v) is 2.38. The van der Waals surface area contributed by atoms with Crippen LogP contribution in [0, 0.1) is 6.92 Å². The van der Waals surface area contributed by atoms with E-state index in [-0.39, 0.29) is 0 Å². The molecule has 0 saturated carbocycles. The van der Waals surface area contributed by atoms with Gasteiger partial charge in [-0.15, -0.1) is 0 Å². The Bertz CT molecular complexity index is 782. The zero-order valence-electron chi connectivity index (χ0n) is 14.8. The van der Waals surface area contributed by atoms with Gasteiger partial charge in [-0.2, -0.15) is 0 Å². The first-order valence-electron chi connectivity index (χ1n) is 8.41. The van der Waals surface area contributed by atoms with E-state index >= 15 is 0 Å². The Morgan fingerprint density at radius 1 is 0.760 bits per heavy atom. The summed E-state index contributed by atoms with van der Waals surface area (Å²) < 4.78 is 11.6. The molecule has 0 aliphatic carbocycles. The molecule has 3 rings (SSSR count). The monoisotopic (exact) mass is 354 g/mol. The minimum absolute atomic E-state index is 0.467. The summed E-state index contributed by atoms with van der Waals surface area (Å²) >= 11 is 5.98. The highest BCUT2D eigenvalue weighted by molar-refractivity contribution is 6.30. The standard InChI is InChI=1S/C20H17ClO2.C2H6/c1-15-8-10-18(11-9-15)23-20-7-3-6-19(13-20)22-14-16-4-2-5-17(21)12-16;1-2/h2-13H,14H2,1H3;1-2H3.